The van der Waals surface area contributed by atoms with Gasteiger partial charge in [-0.1, -0.05) is 12.1 Å². The molecule has 0 fully saturated rings. The number of aliphatic hydroxyl groups excluding tert-OH is 1. The Bertz CT molecular complexity index is 1040. The van der Waals surface area contributed by atoms with Crippen molar-refractivity contribution in [2.24, 2.45) is 5.10 Å². The maximum absolute atomic E-state index is 12.2. The van der Waals surface area contributed by atoms with Gasteiger partial charge >= 0.3 is 0 Å². The van der Waals surface area contributed by atoms with Crippen molar-refractivity contribution in [2.75, 3.05) is 14.2 Å². The third-order valence-electron chi connectivity index (χ3n) is 4.74. The number of ether oxygens (including phenoxy) is 2. The molecule has 0 saturated carbocycles. The standard InChI is InChI=1S/C22H25N3O4/c1-15-13-25(18-6-4-5-17(14-26)22(15)18)10-9-21(27)24-23-12-16-7-8-19(28-2)20(11-16)29-3/h4-8,11-13,26H,9-10,14H2,1-3H3,(H,24,27)/b23-12+. The van der Waals surface area contributed by atoms with Crippen molar-refractivity contribution in [2.45, 2.75) is 26.5 Å². The lowest BCUT2D eigenvalue weighted by Gasteiger charge is -2.07. The zero-order chi connectivity index (χ0) is 20.8. The Hall–Kier alpha value is -3.32. The lowest BCUT2D eigenvalue weighted by atomic mass is 10.1. The second kappa shape index (κ2) is 9.25. The van der Waals surface area contributed by atoms with E-state index in [0.717, 1.165) is 27.6 Å². The summed E-state index contributed by atoms with van der Waals surface area (Å²) < 4.78 is 12.5. The molecule has 2 aromatic carbocycles. The zero-order valence-corrected chi connectivity index (χ0v) is 16.8. The molecule has 2 N–H and O–H groups in total. The van der Waals surface area contributed by atoms with E-state index < -0.39 is 0 Å². The predicted molar refractivity (Wildman–Crippen MR) is 112 cm³/mol. The van der Waals surface area contributed by atoms with Crippen molar-refractivity contribution in [3.05, 3.63) is 59.3 Å². The molecule has 0 aliphatic heterocycles. The second-order valence-electron chi connectivity index (χ2n) is 6.63. The largest absolute Gasteiger partial charge is 0.493 e. The van der Waals surface area contributed by atoms with E-state index in [-0.39, 0.29) is 18.9 Å². The van der Waals surface area contributed by atoms with Crippen LogP contribution in [0.3, 0.4) is 0 Å². The fraction of sp³-hybridized carbons (Fsp3) is 0.273. The number of aliphatic hydroxyl groups is 1. The average Bonchev–Trinajstić information content (AvgIpc) is 3.08. The number of hydrogen-bond acceptors (Lipinski definition) is 5. The summed E-state index contributed by atoms with van der Waals surface area (Å²) in [7, 11) is 3.14. The number of hydrazone groups is 1. The smallest absolute Gasteiger partial charge is 0.241 e. The first-order valence-corrected chi connectivity index (χ1v) is 9.29. The van der Waals surface area contributed by atoms with Gasteiger partial charge in [-0.3, -0.25) is 4.79 Å². The van der Waals surface area contributed by atoms with Crippen LogP contribution in [0.2, 0.25) is 0 Å². The minimum atomic E-state index is -0.181. The van der Waals surface area contributed by atoms with Crippen LogP contribution in [-0.4, -0.2) is 36.0 Å². The lowest BCUT2D eigenvalue weighted by Crippen LogP contribution is -2.19. The van der Waals surface area contributed by atoms with Gasteiger partial charge < -0.3 is 19.1 Å². The number of benzene rings is 2. The van der Waals surface area contributed by atoms with E-state index in [9.17, 15) is 9.90 Å². The predicted octanol–water partition coefficient (Wildman–Crippen LogP) is 3.00. The van der Waals surface area contributed by atoms with Gasteiger partial charge in [-0.2, -0.15) is 5.10 Å². The van der Waals surface area contributed by atoms with Gasteiger partial charge in [0.1, 0.15) is 0 Å². The van der Waals surface area contributed by atoms with Crippen LogP contribution >= 0.6 is 0 Å². The fourth-order valence-corrected chi connectivity index (χ4v) is 3.36. The van der Waals surface area contributed by atoms with Gasteiger partial charge in [0, 0.05) is 30.1 Å². The van der Waals surface area contributed by atoms with Crippen molar-refractivity contribution in [3.8, 4) is 11.5 Å². The first kappa shape index (κ1) is 20.4. The quantitative estimate of drug-likeness (QED) is 0.454. The molecular weight excluding hydrogens is 370 g/mol. The highest BCUT2D eigenvalue weighted by Crippen LogP contribution is 2.27. The van der Waals surface area contributed by atoms with Crippen LogP contribution in [0.4, 0.5) is 0 Å². The monoisotopic (exact) mass is 395 g/mol. The van der Waals surface area contributed by atoms with E-state index in [1.54, 1.807) is 32.6 Å². The van der Waals surface area contributed by atoms with Crippen molar-refractivity contribution in [1.29, 1.82) is 0 Å². The summed E-state index contributed by atoms with van der Waals surface area (Å²) in [5.41, 5.74) is 6.32. The van der Waals surface area contributed by atoms with Gasteiger partial charge in [-0.25, -0.2) is 5.43 Å². The normalized spacial score (nSPS) is 11.2. The molecule has 0 radical (unpaired) electrons. The highest BCUT2D eigenvalue weighted by molar-refractivity contribution is 5.87. The third-order valence-corrected chi connectivity index (χ3v) is 4.74. The molecule has 152 valence electrons. The molecule has 0 bridgehead atoms. The van der Waals surface area contributed by atoms with E-state index in [2.05, 4.69) is 10.5 Å². The molecule has 0 atom stereocenters. The molecule has 1 heterocycles. The van der Waals surface area contributed by atoms with Crippen LogP contribution in [0.1, 0.15) is 23.1 Å². The molecule has 0 spiro atoms. The van der Waals surface area contributed by atoms with Gasteiger partial charge in [0.2, 0.25) is 5.91 Å². The number of rotatable bonds is 8. The number of amides is 1. The van der Waals surface area contributed by atoms with Crippen LogP contribution in [0.5, 0.6) is 11.5 Å². The summed E-state index contributed by atoms with van der Waals surface area (Å²) in [6, 6.07) is 11.2. The molecule has 3 aromatic rings. The van der Waals surface area contributed by atoms with Crippen LogP contribution in [0.25, 0.3) is 10.9 Å². The summed E-state index contributed by atoms with van der Waals surface area (Å²) in [5.74, 6) is 1.05. The molecule has 7 heteroatoms. The Kier molecular flexibility index (Phi) is 6.51. The fourth-order valence-electron chi connectivity index (χ4n) is 3.36. The summed E-state index contributed by atoms with van der Waals surface area (Å²) in [4.78, 5) is 12.2. The van der Waals surface area contributed by atoms with Crippen molar-refractivity contribution < 1.29 is 19.4 Å². The van der Waals surface area contributed by atoms with E-state index >= 15 is 0 Å². The van der Waals surface area contributed by atoms with Crippen LogP contribution in [0.15, 0.2) is 47.7 Å². The number of nitrogens with one attached hydrogen (secondary N) is 1. The van der Waals surface area contributed by atoms with Gasteiger partial charge in [0.15, 0.2) is 11.5 Å². The van der Waals surface area contributed by atoms with Gasteiger partial charge in [-0.05, 0) is 47.9 Å². The highest BCUT2D eigenvalue weighted by atomic mass is 16.5. The van der Waals surface area contributed by atoms with E-state index in [0.29, 0.717) is 18.0 Å². The van der Waals surface area contributed by atoms with Gasteiger partial charge in [0.05, 0.1) is 27.0 Å². The summed E-state index contributed by atoms with van der Waals surface area (Å²) in [5, 5.41) is 14.6. The molecule has 0 saturated heterocycles. The Labute approximate surface area is 169 Å². The number of hydrogen-bond donors (Lipinski definition) is 2. The van der Waals surface area contributed by atoms with Crippen molar-refractivity contribution in [1.82, 2.24) is 9.99 Å². The minimum absolute atomic E-state index is 0.00641. The molecule has 0 unspecified atom stereocenters. The number of aryl methyl sites for hydroxylation is 2. The van der Waals surface area contributed by atoms with E-state index in [4.69, 9.17) is 9.47 Å². The average molecular weight is 395 g/mol. The number of carbonyl (C=O) groups excluding carboxylic acids is 1. The topological polar surface area (TPSA) is 85.1 Å². The number of methoxy groups -OCH3 is 2. The van der Waals surface area contributed by atoms with Crippen LogP contribution in [-0.2, 0) is 17.9 Å². The molecule has 7 nitrogen and oxygen atoms in total. The summed E-state index contributed by atoms with van der Waals surface area (Å²) >= 11 is 0. The third kappa shape index (κ3) is 4.57. The van der Waals surface area contributed by atoms with Crippen LogP contribution < -0.4 is 14.9 Å². The van der Waals surface area contributed by atoms with Gasteiger partial charge in [0.25, 0.3) is 0 Å². The molecule has 0 aliphatic carbocycles. The Morgan fingerprint density at radius 1 is 1.21 bits per heavy atom. The molecule has 3 rings (SSSR count). The number of aromatic nitrogens is 1. The molecule has 0 aliphatic rings. The van der Waals surface area contributed by atoms with Crippen LogP contribution in [0, 0.1) is 6.92 Å². The maximum Gasteiger partial charge on any atom is 0.241 e. The number of fused-ring (bicyclic) bond motifs is 1. The number of carbonyl (C=O) groups is 1. The summed E-state index contributed by atoms with van der Waals surface area (Å²) in [6.07, 6.45) is 3.85. The maximum atomic E-state index is 12.2. The second-order valence-corrected chi connectivity index (χ2v) is 6.63. The summed E-state index contributed by atoms with van der Waals surface area (Å²) in [6.45, 7) is 2.52. The van der Waals surface area contributed by atoms with E-state index in [1.807, 2.05) is 42.0 Å². The first-order valence-electron chi connectivity index (χ1n) is 9.29. The Morgan fingerprint density at radius 3 is 2.72 bits per heavy atom. The molecule has 29 heavy (non-hydrogen) atoms. The van der Waals surface area contributed by atoms with E-state index in [1.165, 1.54) is 0 Å². The molecule has 1 amide bonds. The van der Waals surface area contributed by atoms with Crippen molar-refractivity contribution >= 4 is 23.0 Å². The Balaban J connectivity index is 1.61. The zero-order valence-electron chi connectivity index (χ0n) is 16.8. The first-order chi connectivity index (χ1) is 14.1. The number of nitrogens with zero attached hydrogens (tertiary/aromatic N) is 2. The Morgan fingerprint density at radius 2 is 2.00 bits per heavy atom. The molecular formula is C22H25N3O4. The minimum Gasteiger partial charge on any atom is -0.493 e. The SMILES string of the molecule is COc1ccc(/C=N/NC(=O)CCn2cc(C)c3c(CO)cccc32)cc1OC. The lowest BCUT2D eigenvalue weighted by molar-refractivity contribution is -0.121. The van der Waals surface area contributed by atoms with Crippen molar-refractivity contribution in [3.63, 3.8) is 0 Å². The van der Waals surface area contributed by atoms with Gasteiger partial charge in [-0.15, -0.1) is 0 Å². The highest BCUT2D eigenvalue weighted by Gasteiger charge is 2.10. The molecule has 1 aromatic heterocycles.